The minimum absolute atomic E-state index is 0.115. The van der Waals surface area contributed by atoms with Crippen molar-refractivity contribution < 1.29 is 17.6 Å². The molecule has 1 amide bonds. The lowest BCUT2D eigenvalue weighted by Gasteiger charge is -2.09. The highest BCUT2D eigenvalue weighted by molar-refractivity contribution is 7.92. The van der Waals surface area contributed by atoms with Crippen LogP contribution in [-0.4, -0.2) is 30.3 Å². The predicted octanol–water partition coefficient (Wildman–Crippen LogP) is 2.20. The maximum absolute atomic E-state index is 13.5. The summed E-state index contributed by atoms with van der Waals surface area (Å²) in [5.41, 5.74) is 0.166. The van der Waals surface area contributed by atoms with Gasteiger partial charge in [0.1, 0.15) is 16.6 Å². The van der Waals surface area contributed by atoms with E-state index in [1.807, 2.05) is 0 Å². The van der Waals surface area contributed by atoms with Crippen molar-refractivity contribution in [2.75, 3.05) is 11.1 Å². The first-order valence-electron chi connectivity index (χ1n) is 5.92. The third-order valence-electron chi connectivity index (χ3n) is 2.91. The van der Waals surface area contributed by atoms with Crippen molar-refractivity contribution in [2.24, 2.45) is 0 Å². The van der Waals surface area contributed by atoms with Crippen LogP contribution in [0.2, 0.25) is 0 Å². The zero-order valence-electron chi connectivity index (χ0n) is 10.9. The van der Waals surface area contributed by atoms with Crippen molar-refractivity contribution in [3.05, 3.63) is 24.0 Å². The van der Waals surface area contributed by atoms with Gasteiger partial charge in [0.25, 0.3) is 0 Å². The van der Waals surface area contributed by atoms with Crippen LogP contribution in [0, 0.1) is 5.82 Å². The quantitative estimate of drug-likeness (QED) is 0.938. The van der Waals surface area contributed by atoms with Gasteiger partial charge in [-0.15, -0.1) is 0 Å². The normalized spacial score (nSPS) is 13.3. The molecule has 1 heterocycles. The summed E-state index contributed by atoms with van der Waals surface area (Å²) in [6.45, 7) is 2.80. The molecule has 1 N–H and O–H groups in total. The molecule has 0 fully saturated rings. The number of fused-ring (bicyclic) bond motifs is 1. The molecule has 8 heteroatoms. The van der Waals surface area contributed by atoms with Crippen LogP contribution < -0.4 is 5.32 Å². The van der Waals surface area contributed by atoms with Crippen LogP contribution in [0.25, 0.3) is 10.2 Å². The Morgan fingerprint density at radius 2 is 2.20 bits per heavy atom. The fraction of sp³-hybridized carbons (Fsp3) is 0.333. The monoisotopic (exact) mass is 316 g/mol. The van der Waals surface area contributed by atoms with Gasteiger partial charge in [0.05, 0.1) is 4.70 Å². The Morgan fingerprint density at radius 3 is 2.80 bits per heavy atom. The minimum Gasteiger partial charge on any atom is -0.301 e. The van der Waals surface area contributed by atoms with Crippen molar-refractivity contribution in [3.8, 4) is 0 Å². The number of halogens is 1. The highest BCUT2D eigenvalue weighted by atomic mass is 32.2. The van der Waals surface area contributed by atoms with Gasteiger partial charge >= 0.3 is 0 Å². The van der Waals surface area contributed by atoms with Crippen LogP contribution in [0.1, 0.15) is 13.8 Å². The van der Waals surface area contributed by atoms with Gasteiger partial charge in [-0.3, -0.25) is 4.79 Å². The molecule has 0 aliphatic heterocycles. The Balaban J connectivity index is 2.24. The number of carbonyl (C=O) groups is 1. The largest absolute Gasteiger partial charge is 0.301 e. The lowest BCUT2D eigenvalue weighted by molar-refractivity contribution is -0.115. The lowest BCUT2D eigenvalue weighted by atomic mass is 10.3. The first-order valence-corrected chi connectivity index (χ1v) is 8.46. The molecule has 0 aliphatic rings. The van der Waals surface area contributed by atoms with Crippen molar-refractivity contribution in [3.63, 3.8) is 0 Å². The summed E-state index contributed by atoms with van der Waals surface area (Å²) >= 11 is 1.10. The van der Waals surface area contributed by atoms with Crippen LogP contribution in [0.4, 0.5) is 9.52 Å². The molecule has 0 spiro atoms. The maximum Gasteiger partial charge on any atom is 0.244 e. The van der Waals surface area contributed by atoms with Crippen molar-refractivity contribution in [2.45, 2.75) is 19.1 Å². The van der Waals surface area contributed by atoms with E-state index in [2.05, 4.69) is 10.3 Å². The first-order chi connectivity index (χ1) is 9.35. The van der Waals surface area contributed by atoms with E-state index in [9.17, 15) is 17.6 Å². The summed E-state index contributed by atoms with van der Waals surface area (Å²) < 4.78 is 37.3. The molecule has 2 aromatic rings. The molecular weight excluding hydrogens is 303 g/mol. The number of thiazole rings is 1. The zero-order valence-corrected chi connectivity index (χ0v) is 12.5. The second kappa shape index (κ2) is 5.45. The fourth-order valence-electron chi connectivity index (χ4n) is 1.59. The second-order valence-electron chi connectivity index (χ2n) is 4.19. The number of benzene rings is 1. The number of sulfone groups is 1. The fourth-order valence-corrected chi connectivity index (χ4v) is 3.36. The smallest absolute Gasteiger partial charge is 0.244 e. The SMILES string of the molecule is CCS(=O)(=O)C(C)C(=O)Nc1nc2c(F)cccc2s1. The number of nitrogens with zero attached hydrogens (tertiary/aromatic N) is 1. The van der Waals surface area contributed by atoms with E-state index < -0.39 is 26.8 Å². The summed E-state index contributed by atoms with van der Waals surface area (Å²) in [5, 5.41) is 1.45. The molecule has 1 unspecified atom stereocenters. The van der Waals surface area contributed by atoms with Gasteiger partial charge in [0.15, 0.2) is 15.0 Å². The number of hydrogen-bond acceptors (Lipinski definition) is 5. The number of carbonyl (C=O) groups excluding carboxylic acids is 1. The summed E-state index contributed by atoms with van der Waals surface area (Å²) in [7, 11) is -3.47. The average Bonchev–Trinajstić information content (AvgIpc) is 2.81. The second-order valence-corrected chi connectivity index (χ2v) is 7.83. The van der Waals surface area contributed by atoms with Gasteiger partial charge in [-0.05, 0) is 19.1 Å². The third kappa shape index (κ3) is 2.80. The molecule has 1 atom stereocenters. The molecule has 2 rings (SSSR count). The van der Waals surface area contributed by atoms with Crippen LogP contribution in [-0.2, 0) is 14.6 Å². The number of para-hydroxylation sites is 1. The van der Waals surface area contributed by atoms with Crippen LogP contribution in [0.15, 0.2) is 18.2 Å². The molecule has 5 nitrogen and oxygen atoms in total. The van der Waals surface area contributed by atoms with Crippen LogP contribution in [0.5, 0.6) is 0 Å². The Kier molecular flexibility index (Phi) is 4.05. The Hall–Kier alpha value is -1.54. The van der Waals surface area contributed by atoms with Gasteiger partial charge in [-0.1, -0.05) is 24.3 Å². The van der Waals surface area contributed by atoms with Crippen molar-refractivity contribution >= 4 is 42.4 Å². The van der Waals surface area contributed by atoms with Crippen molar-refractivity contribution in [1.29, 1.82) is 0 Å². The Labute approximate surface area is 119 Å². The Bertz CT molecular complexity index is 755. The molecular formula is C12H13FN2O3S2. The summed E-state index contributed by atoms with van der Waals surface area (Å²) in [6.07, 6.45) is 0. The van der Waals surface area contributed by atoms with Crippen LogP contribution >= 0.6 is 11.3 Å². The molecule has 0 bridgehead atoms. The number of rotatable bonds is 4. The molecule has 0 saturated heterocycles. The van der Waals surface area contributed by atoms with E-state index >= 15 is 0 Å². The number of amides is 1. The Morgan fingerprint density at radius 1 is 1.50 bits per heavy atom. The van der Waals surface area contributed by atoms with Crippen LogP contribution in [0.3, 0.4) is 0 Å². The molecule has 0 radical (unpaired) electrons. The van der Waals surface area contributed by atoms with Gasteiger partial charge in [0, 0.05) is 5.75 Å². The van der Waals surface area contributed by atoms with E-state index in [1.165, 1.54) is 19.9 Å². The number of hydrogen-bond donors (Lipinski definition) is 1. The lowest BCUT2D eigenvalue weighted by Crippen LogP contribution is -2.33. The minimum atomic E-state index is -3.47. The molecule has 20 heavy (non-hydrogen) atoms. The molecule has 1 aromatic carbocycles. The summed E-state index contributed by atoms with van der Waals surface area (Å²) in [5.74, 6) is -1.25. The summed E-state index contributed by atoms with van der Waals surface area (Å²) in [6, 6.07) is 4.50. The first kappa shape index (κ1) is 14.9. The van der Waals surface area contributed by atoms with E-state index in [4.69, 9.17) is 0 Å². The number of nitrogens with one attached hydrogen (secondary N) is 1. The highest BCUT2D eigenvalue weighted by Crippen LogP contribution is 2.27. The van der Waals surface area contributed by atoms with E-state index in [0.29, 0.717) is 4.70 Å². The van der Waals surface area contributed by atoms with Crippen molar-refractivity contribution in [1.82, 2.24) is 4.98 Å². The van der Waals surface area contributed by atoms with E-state index in [1.54, 1.807) is 12.1 Å². The van der Waals surface area contributed by atoms with Gasteiger partial charge in [0.2, 0.25) is 5.91 Å². The molecule has 0 saturated carbocycles. The number of anilines is 1. The topological polar surface area (TPSA) is 76.1 Å². The molecule has 1 aromatic heterocycles. The maximum atomic E-state index is 13.5. The predicted molar refractivity (Wildman–Crippen MR) is 77.1 cm³/mol. The van der Waals surface area contributed by atoms with E-state index in [-0.39, 0.29) is 16.4 Å². The molecule has 0 aliphatic carbocycles. The van der Waals surface area contributed by atoms with Gasteiger partial charge in [-0.2, -0.15) is 0 Å². The highest BCUT2D eigenvalue weighted by Gasteiger charge is 2.27. The van der Waals surface area contributed by atoms with Gasteiger partial charge in [-0.25, -0.2) is 17.8 Å². The van der Waals surface area contributed by atoms with E-state index in [0.717, 1.165) is 11.3 Å². The number of aromatic nitrogens is 1. The average molecular weight is 316 g/mol. The zero-order chi connectivity index (χ0) is 14.9. The standard InChI is InChI=1S/C12H13FN2O3S2/c1-3-20(17,18)7(2)11(16)15-12-14-10-8(13)5-4-6-9(10)19-12/h4-7H,3H2,1-2H3,(H,14,15,16). The third-order valence-corrected chi connectivity index (χ3v) is 5.94. The molecule has 108 valence electrons. The van der Waals surface area contributed by atoms with Gasteiger partial charge < -0.3 is 5.32 Å². The summed E-state index contributed by atoms with van der Waals surface area (Å²) in [4.78, 5) is 15.8.